The maximum atomic E-state index is 11.6. The molecule has 0 aromatic carbocycles. The molecular weight excluding hydrogens is 596 g/mol. The van der Waals surface area contributed by atoms with Crippen molar-refractivity contribution < 1.29 is 48.9 Å². The van der Waals surface area contributed by atoms with E-state index in [0.29, 0.717) is 85.1 Å². The lowest BCUT2D eigenvalue weighted by atomic mass is 9.78. The SMILES string of the molecule is C.CCOC(=O)CCCC1(O)CCC2(CC1)OCCO2.CCOC(=O)CCCC1(O[Si](C)(C)C)CCC2(CC1)OCCO2.[2H]CC. The molecule has 2 saturated carbocycles. The maximum Gasteiger partial charge on any atom is 0.305 e. The van der Waals surface area contributed by atoms with Crippen molar-refractivity contribution in [2.75, 3.05) is 39.6 Å². The van der Waals surface area contributed by atoms with E-state index in [1.807, 2.05) is 6.92 Å². The van der Waals surface area contributed by atoms with Gasteiger partial charge in [0.1, 0.15) is 0 Å². The summed E-state index contributed by atoms with van der Waals surface area (Å²) in [4.78, 5) is 22.8. The molecule has 10 nitrogen and oxygen atoms in total. The lowest BCUT2D eigenvalue weighted by Crippen LogP contribution is -2.49. The van der Waals surface area contributed by atoms with Gasteiger partial charge in [0.15, 0.2) is 19.9 Å². The highest BCUT2D eigenvalue weighted by Crippen LogP contribution is 2.45. The molecule has 0 unspecified atom stereocenters. The predicted octanol–water partition coefficient (Wildman–Crippen LogP) is 7.06. The van der Waals surface area contributed by atoms with Crippen molar-refractivity contribution in [3.63, 3.8) is 0 Å². The van der Waals surface area contributed by atoms with E-state index in [1.54, 1.807) is 13.8 Å². The lowest BCUT2D eigenvalue weighted by Gasteiger charge is -2.46. The van der Waals surface area contributed by atoms with Gasteiger partial charge in [0.05, 0.1) is 50.8 Å². The molecule has 2 heterocycles. The van der Waals surface area contributed by atoms with Crippen LogP contribution in [0.5, 0.6) is 0 Å². The van der Waals surface area contributed by atoms with Crippen molar-refractivity contribution in [3.05, 3.63) is 0 Å². The summed E-state index contributed by atoms with van der Waals surface area (Å²) in [7, 11) is -1.66. The first-order valence-electron chi connectivity index (χ1n) is 17.6. The van der Waals surface area contributed by atoms with Gasteiger partial charge in [0.25, 0.3) is 0 Å². The molecule has 0 amide bonds. The lowest BCUT2D eigenvalue weighted by molar-refractivity contribution is -0.203. The molecule has 2 spiro atoms. The molecule has 4 fully saturated rings. The number of hydrogen-bond donors (Lipinski definition) is 1. The number of esters is 2. The van der Waals surface area contributed by atoms with Crippen LogP contribution in [-0.2, 0) is 42.4 Å². The van der Waals surface area contributed by atoms with E-state index in [1.165, 1.54) is 0 Å². The molecule has 45 heavy (non-hydrogen) atoms. The Hall–Kier alpha value is -1.08. The second-order valence-corrected chi connectivity index (χ2v) is 17.6. The average molecular weight is 664 g/mol. The molecule has 0 radical (unpaired) electrons. The molecule has 2 aliphatic carbocycles. The van der Waals surface area contributed by atoms with Crippen LogP contribution in [0.2, 0.25) is 19.6 Å². The van der Waals surface area contributed by atoms with E-state index in [4.69, 9.17) is 34.2 Å². The van der Waals surface area contributed by atoms with Crippen molar-refractivity contribution in [1.82, 2.24) is 0 Å². The summed E-state index contributed by atoms with van der Waals surface area (Å²) in [5.74, 6) is -1.09. The van der Waals surface area contributed by atoms with Gasteiger partial charge in [-0.1, -0.05) is 21.3 Å². The molecule has 0 bridgehead atoms. The van der Waals surface area contributed by atoms with Gasteiger partial charge in [-0.15, -0.1) is 0 Å². The van der Waals surface area contributed by atoms with E-state index in [9.17, 15) is 14.7 Å². The van der Waals surface area contributed by atoms with Gasteiger partial charge in [-0.05, 0) is 84.9 Å². The molecule has 2 saturated heterocycles. The zero-order chi connectivity index (χ0) is 33.5. The predicted molar refractivity (Wildman–Crippen MR) is 177 cm³/mol. The molecule has 4 aliphatic rings. The minimum Gasteiger partial charge on any atom is -0.466 e. The molecule has 11 heteroatoms. The Morgan fingerprint density at radius 1 is 0.733 bits per heavy atom. The number of carbonyl (C=O) groups is 2. The Kier molecular flexibility index (Phi) is 17.5. The number of aliphatic hydroxyl groups is 1. The molecule has 4 rings (SSSR count). The van der Waals surface area contributed by atoms with Gasteiger partial charge in [0, 0.05) is 39.9 Å². The van der Waals surface area contributed by atoms with Gasteiger partial charge in [-0.3, -0.25) is 9.59 Å². The van der Waals surface area contributed by atoms with Crippen LogP contribution in [0, 0.1) is 0 Å². The largest absolute Gasteiger partial charge is 0.466 e. The zero-order valence-electron chi connectivity index (χ0n) is 29.5. The maximum absolute atomic E-state index is 11.6. The Bertz CT molecular complexity index is 848. The van der Waals surface area contributed by atoms with E-state index >= 15 is 0 Å². The fourth-order valence-corrected chi connectivity index (χ4v) is 8.24. The highest BCUT2D eigenvalue weighted by Gasteiger charge is 2.48. The quantitative estimate of drug-likeness (QED) is 0.172. The van der Waals surface area contributed by atoms with Crippen molar-refractivity contribution >= 4 is 20.3 Å². The van der Waals surface area contributed by atoms with Crippen molar-refractivity contribution in [1.29, 1.82) is 0 Å². The fraction of sp³-hybridized carbons (Fsp3) is 0.941. The van der Waals surface area contributed by atoms with Crippen LogP contribution in [0.1, 0.15) is 126 Å². The topological polar surface area (TPSA) is 119 Å². The third kappa shape index (κ3) is 14.3. The van der Waals surface area contributed by atoms with Crippen LogP contribution >= 0.6 is 0 Å². The summed E-state index contributed by atoms with van der Waals surface area (Å²) in [6.45, 7) is 16.2. The first kappa shape index (κ1) is 40.1. The Labute approximate surface area is 276 Å². The van der Waals surface area contributed by atoms with Gasteiger partial charge in [0.2, 0.25) is 0 Å². The first-order valence-corrected chi connectivity index (χ1v) is 20.3. The van der Waals surface area contributed by atoms with Crippen LogP contribution in [0.3, 0.4) is 0 Å². The minimum atomic E-state index is -1.66. The summed E-state index contributed by atoms with van der Waals surface area (Å²) in [5, 5.41) is 10.5. The minimum absolute atomic E-state index is 0. The molecule has 2 aliphatic heterocycles. The summed E-state index contributed by atoms with van der Waals surface area (Å²) in [6.07, 6.45) is 10.4. The zero-order valence-corrected chi connectivity index (χ0v) is 29.5. The smallest absolute Gasteiger partial charge is 0.305 e. The second-order valence-electron chi connectivity index (χ2n) is 13.2. The first-order chi connectivity index (χ1) is 21.3. The summed E-state index contributed by atoms with van der Waals surface area (Å²) in [6, 6.07) is 0. The van der Waals surface area contributed by atoms with E-state index < -0.39 is 19.7 Å². The second kappa shape index (κ2) is 19.7. The fourth-order valence-electron chi connectivity index (χ4n) is 6.64. The molecule has 0 aromatic rings. The summed E-state index contributed by atoms with van der Waals surface area (Å²) >= 11 is 0. The number of hydrogen-bond acceptors (Lipinski definition) is 10. The van der Waals surface area contributed by atoms with Crippen molar-refractivity contribution in [3.8, 4) is 0 Å². The molecule has 1 N–H and O–H groups in total. The standard InChI is InChI=1S/C17H32O5Si.C14H24O5.C2H6.CH4/c1-5-19-15(18)7-6-8-16(22-23(2,3)4)9-11-17(12-10-16)20-13-14-21-17;1-2-17-12(15)4-3-5-13(16)6-8-14(9-7-13)18-10-11-19-14;1-2;/h5-14H2,1-4H3;16H,2-11H2,1H3;1-2H3;1H4/i;;1D;. The molecule has 0 atom stereocenters. The van der Waals surface area contributed by atoms with E-state index in [0.717, 1.165) is 51.4 Å². The van der Waals surface area contributed by atoms with Gasteiger partial charge < -0.3 is 38.0 Å². The van der Waals surface area contributed by atoms with Gasteiger partial charge >= 0.3 is 11.9 Å². The normalized spacial score (nSPS) is 24.7. The van der Waals surface area contributed by atoms with E-state index in [2.05, 4.69) is 19.6 Å². The summed E-state index contributed by atoms with van der Waals surface area (Å²) < 4.78 is 45.7. The highest BCUT2D eigenvalue weighted by atomic mass is 28.4. The Morgan fingerprint density at radius 3 is 1.49 bits per heavy atom. The van der Waals surface area contributed by atoms with Crippen LogP contribution in [0.15, 0.2) is 0 Å². The Morgan fingerprint density at radius 2 is 1.11 bits per heavy atom. The van der Waals surface area contributed by atoms with Crippen LogP contribution in [0.4, 0.5) is 0 Å². The number of carbonyl (C=O) groups excluding carboxylic acids is 2. The van der Waals surface area contributed by atoms with Gasteiger partial charge in [-0.2, -0.15) is 0 Å². The van der Waals surface area contributed by atoms with E-state index in [-0.39, 0.29) is 30.8 Å². The van der Waals surface area contributed by atoms with Crippen molar-refractivity contribution in [2.45, 2.75) is 167 Å². The molecular formula is C34H66O10Si. The van der Waals surface area contributed by atoms with Crippen molar-refractivity contribution in [2.24, 2.45) is 0 Å². The van der Waals surface area contributed by atoms with Crippen LogP contribution in [0.25, 0.3) is 0 Å². The Balaban J connectivity index is 0.000000421. The molecule has 0 aromatic heterocycles. The van der Waals surface area contributed by atoms with Crippen LogP contribution < -0.4 is 0 Å². The summed E-state index contributed by atoms with van der Waals surface area (Å²) in [5.41, 5.74) is -0.801. The number of ether oxygens (including phenoxy) is 6. The third-order valence-corrected chi connectivity index (χ3v) is 9.71. The van der Waals surface area contributed by atoms with Crippen LogP contribution in [-0.4, -0.2) is 87.8 Å². The molecule has 266 valence electrons. The average Bonchev–Trinajstić information content (AvgIpc) is 3.63. The number of rotatable bonds is 12. The highest BCUT2D eigenvalue weighted by molar-refractivity contribution is 6.69. The monoisotopic (exact) mass is 663 g/mol. The third-order valence-electron chi connectivity index (χ3n) is 8.66. The van der Waals surface area contributed by atoms with Gasteiger partial charge in [-0.25, -0.2) is 0 Å².